The molecule has 0 aliphatic rings. The van der Waals surface area contributed by atoms with Crippen molar-refractivity contribution in [1.82, 2.24) is 20.9 Å². The van der Waals surface area contributed by atoms with E-state index in [9.17, 15) is 14.4 Å². The Morgan fingerprint density at radius 1 is 1.03 bits per heavy atom. The van der Waals surface area contributed by atoms with Crippen molar-refractivity contribution < 1.29 is 19.1 Å². The molecule has 0 saturated carbocycles. The number of hydrogen-bond donors (Lipinski definition) is 4. The first-order chi connectivity index (χ1) is 14.6. The van der Waals surface area contributed by atoms with E-state index in [-0.39, 0.29) is 25.0 Å². The number of aromatic nitrogens is 1. The minimum absolute atomic E-state index is 0.0840. The number of carbonyl (C=O) groups excluding carboxylic acids is 3. The quantitative estimate of drug-likeness (QED) is 0.457. The zero-order chi connectivity index (χ0) is 21.3. The summed E-state index contributed by atoms with van der Waals surface area (Å²) < 4.78 is 5.25. The van der Waals surface area contributed by atoms with Gasteiger partial charge in [-0.15, -0.1) is 0 Å². The highest BCUT2D eigenvalue weighted by atomic mass is 16.5. The van der Waals surface area contributed by atoms with Gasteiger partial charge in [0.1, 0.15) is 0 Å². The standard InChI is InChI=1S/C22H24N4O4/c1-23-20(27)14-25-21(28)16-7-8-19-18(11-16)17(13-24-19)9-10-30-22(29)26-12-15-5-3-2-4-6-15/h2-8,11,13,24H,9-10,12,14H2,1H3,(H,23,27)(H,25,28)(H,26,29). The number of amides is 3. The lowest BCUT2D eigenvalue weighted by Crippen LogP contribution is -2.35. The van der Waals surface area contributed by atoms with Crippen molar-refractivity contribution in [3.63, 3.8) is 0 Å². The molecule has 1 heterocycles. The zero-order valence-corrected chi connectivity index (χ0v) is 16.7. The topological polar surface area (TPSA) is 112 Å². The molecule has 156 valence electrons. The van der Waals surface area contributed by atoms with Gasteiger partial charge in [-0.05, 0) is 29.3 Å². The van der Waals surface area contributed by atoms with E-state index < -0.39 is 6.09 Å². The normalized spacial score (nSPS) is 10.4. The molecule has 0 spiro atoms. The smallest absolute Gasteiger partial charge is 0.407 e. The molecular weight excluding hydrogens is 384 g/mol. The molecule has 0 saturated heterocycles. The second-order valence-electron chi connectivity index (χ2n) is 6.66. The van der Waals surface area contributed by atoms with Crippen molar-refractivity contribution in [2.45, 2.75) is 13.0 Å². The van der Waals surface area contributed by atoms with Crippen LogP contribution in [-0.2, 0) is 22.5 Å². The molecular formula is C22H24N4O4. The number of H-pyrrole nitrogens is 1. The molecule has 0 fully saturated rings. The van der Waals surface area contributed by atoms with E-state index in [2.05, 4.69) is 20.9 Å². The van der Waals surface area contributed by atoms with Gasteiger partial charge in [0.15, 0.2) is 0 Å². The minimum Gasteiger partial charge on any atom is -0.449 e. The summed E-state index contributed by atoms with van der Waals surface area (Å²) in [4.78, 5) is 38.6. The van der Waals surface area contributed by atoms with Crippen LogP contribution in [0.3, 0.4) is 0 Å². The maximum Gasteiger partial charge on any atom is 0.407 e. The maximum absolute atomic E-state index is 12.3. The van der Waals surface area contributed by atoms with E-state index in [0.717, 1.165) is 22.0 Å². The number of alkyl carbamates (subject to hydrolysis) is 1. The molecule has 4 N–H and O–H groups in total. The molecule has 3 rings (SSSR count). The fourth-order valence-corrected chi connectivity index (χ4v) is 2.95. The molecule has 8 nitrogen and oxygen atoms in total. The average Bonchev–Trinajstić information content (AvgIpc) is 3.18. The van der Waals surface area contributed by atoms with Crippen LogP contribution in [-0.4, -0.2) is 43.1 Å². The summed E-state index contributed by atoms with van der Waals surface area (Å²) in [5, 5.41) is 8.61. The fraction of sp³-hybridized carbons (Fsp3) is 0.227. The predicted molar refractivity (Wildman–Crippen MR) is 113 cm³/mol. The number of nitrogens with one attached hydrogen (secondary N) is 4. The second-order valence-corrected chi connectivity index (χ2v) is 6.66. The van der Waals surface area contributed by atoms with Crippen molar-refractivity contribution in [1.29, 1.82) is 0 Å². The maximum atomic E-state index is 12.3. The molecule has 0 bridgehead atoms. The molecule has 30 heavy (non-hydrogen) atoms. The van der Waals surface area contributed by atoms with E-state index in [0.29, 0.717) is 18.5 Å². The van der Waals surface area contributed by atoms with Gasteiger partial charge in [-0.3, -0.25) is 9.59 Å². The van der Waals surface area contributed by atoms with Crippen LogP contribution in [0.15, 0.2) is 54.7 Å². The lowest BCUT2D eigenvalue weighted by Gasteiger charge is -2.07. The van der Waals surface area contributed by atoms with Crippen molar-refractivity contribution in [3.05, 3.63) is 71.4 Å². The van der Waals surface area contributed by atoms with Crippen LogP contribution >= 0.6 is 0 Å². The van der Waals surface area contributed by atoms with Crippen LogP contribution < -0.4 is 16.0 Å². The van der Waals surface area contributed by atoms with Gasteiger partial charge < -0.3 is 25.7 Å². The Labute approximate surface area is 174 Å². The highest BCUT2D eigenvalue weighted by Gasteiger charge is 2.11. The summed E-state index contributed by atoms with van der Waals surface area (Å²) in [5.41, 5.74) is 3.25. The molecule has 3 amide bonds. The number of aromatic amines is 1. The van der Waals surface area contributed by atoms with Crippen molar-refractivity contribution in [2.75, 3.05) is 20.2 Å². The summed E-state index contributed by atoms with van der Waals surface area (Å²) in [6.45, 7) is 0.529. The molecule has 0 radical (unpaired) electrons. The highest BCUT2D eigenvalue weighted by molar-refractivity contribution is 6.00. The SMILES string of the molecule is CNC(=O)CNC(=O)c1ccc2[nH]cc(CCOC(=O)NCc3ccccc3)c2c1. The summed E-state index contributed by atoms with van der Waals surface area (Å²) in [6, 6.07) is 14.8. The van der Waals surface area contributed by atoms with E-state index in [1.807, 2.05) is 36.5 Å². The second kappa shape index (κ2) is 10.1. The van der Waals surface area contributed by atoms with Gasteiger partial charge in [0.25, 0.3) is 5.91 Å². The molecule has 0 aliphatic heterocycles. The van der Waals surface area contributed by atoms with Crippen molar-refractivity contribution >= 4 is 28.8 Å². The van der Waals surface area contributed by atoms with Gasteiger partial charge in [0.05, 0.1) is 13.2 Å². The average molecular weight is 408 g/mol. The number of fused-ring (bicyclic) bond motifs is 1. The monoisotopic (exact) mass is 408 g/mol. The van der Waals surface area contributed by atoms with Crippen molar-refractivity contribution in [2.24, 2.45) is 0 Å². The summed E-state index contributed by atoms with van der Waals surface area (Å²) in [6.07, 6.45) is 1.86. The Kier molecular flexibility index (Phi) is 7.05. The van der Waals surface area contributed by atoms with Gasteiger partial charge in [-0.25, -0.2) is 4.79 Å². The molecule has 1 aromatic heterocycles. The largest absolute Gasteiger partial charge is 0.449 e. The molecule has 0 aliphatic carbocycles. The van der Waals surface area contributed by atoms with Gasteiger partial charge in [0.2, 0.25) is 5.91 Å². The lowest BCUT2D eigenvalue weighted by molar-refractivity contribution is -0.119. The Hall–Kier alpha value is -3.81. The third kappa shape index (κ3) is 5.60. The molecule has 0 unspecified atom stereocenters. The van der Waals surface area contributed by atoms with Gasteiger partial charge >= 0.3 is 6.09 Å². The Morgan fingerprint density at radius 2 is 1.83 bits per heavy atom. The number of rotatable bonds is 8. The molecule has 2 aromatic carbocycles. The van der Waals surface area contributed by atoms with Crippen LogP contribution in [0, 0.1) is 0 Å². The number of hydrogen-bond acceptors (Lipinski definition) is 4. The number of ether oxygens (including phenoxy) is 1. The van der Waals surface area contributed by atoms with E-state index in [4.69, 9.17) is 4.74 Å². The first-order valence-corrected chi connectivity index (χ1v) is 9.60. The lowest BCUT2D eigenvalue weighted by atomic mass is 10.1. The van der Waals surface area contributed by atoms with E-state index >= 15 is 0 Å². The van der Waals surface area contributed by atoms with Crippen LogP contribution in [0.5, 0.6) is 0 Å². The molecule has 8 heteroatoms. The first-order valence-electron chi connectivity index (χ1n) is 9.60. The third-order valence-electron chi connectivity index (χ3n) is 4.60. The number of carbonyl (C=O) groups is 3. The van der Waals surface area contributed by atoms with E-state index in [1.54, 1.807) is 18.2 Å². The molecule has 3 aromatic rings. The van der Waals surface area contributed by atoms with Crippen LogP contribution in [0.25, 0.3) is 10.9 Å². The molecule has 0 atom stereocenters. The van der Waals surface area contributed by atoms with E-state index in [1.165, 1.54) is 7.05 Å². The number of benzene rings is 2. The number of likely N-dealkylation sites (N-methyl/N-ethyl adjacent to an activating group) is 1. The van der Waals surface area contributed by atoms with Crippen LogP contribution in [0.2, 0.25) is 0 Å². The zero-order valence-electron chi connectivity index (χ0n) is 16.7. The first kappa shape index (κ1) is 20.9. The summed E-state index contributed by atoms with van der Waals surface area (Å²) >= 11 is 0. The Bertz CT molecular complexity index is 1030. The Morgan fingerprint density at radius 3 is 2.60 bits per heavy atom. The van der Waals surface area contributed by atoms with Gasteiger partial charge in [-0.1, -0.05) is 30.3 Å². The third-order valence-corrected chi connectivity index (χ3v) is 4.60. The highest BCUT2D eigenvalue weighted by Crippen LogP contribution is 2.20. The van der Waals surface area contributed by atoms with Crippen molar-refractivity contribution in [3.8, 4) is 0 Å². The van der Waals surface area contributed by atoms with Gasteiger partial charge in [-0.2, -0.15) is 0 Å². The summed E-state index contributed by atoms with van der Waals surface area (Å²) in [5.74, 6) is -0.598. The Balaban J connectivity index is 1.53. The van der Waals surface area contributed by atoms with Crippen LogP contribution in [0.4, 0.5) is 4.79 Å². The predicted octanol–water partition coefficient (Wildman–Crippen LogP) is 2.11. The van der Waals surface area contributed by atoms with Crippen LogP contribution in [0.1, 0.15) is 21.5 Å². The summed E-state index contributed by atoms with van der Waals surface area (Å²) in [7, 11) is 1.51. The minimum atomic E-state index is -0.479. The fourth-order valence-electron chi connectivity index (χ4n) is 2.95. The van der Waals surface area contributed by atoms with Gasteiger partial charge in [0, 0.05) is 42.7 Å².